The molecular weight excluding hydrogens is 397 g/mol. The fraction of sp³-hybridized carbons (Fsp3) is 0.278. The van der Waals surface area contributed by atoms with Gasteiger partial charge in [0.2, 0.25) is 15.9 Å². The number of nitrogens with zero attached hydrogens (tertiary/aromatic N) is 1. The maximum Gasteiger partial charge on any atom is 0.416 e. The fourth-order valence-corrected chi connectivity index (χ4v) is 3.74. The second-order valence-electron chi connectivity index (χ2n) is 6.00. The van der Waals surface area contributed by atoms with Crippen molar-refractivity contribution in [2.24, 2.45) is 0 Å². The van der Waals surface area contributed by atoms with Crippen LogP contribution in [0.2, 0.25) is 0 Å². The highest BCUT2D eigenvalue weighted by atomic mass is 32.2. The van der Waals surface area contributed by atoms with E-state index >= 15 is 0 Å². The fourth-order valence-electron chi connectivity index (χ4n) is 2.58. The van der Waals surface area contributed by atoms with Gasteiger partial charge in [-0.3, -0.25) is 9.10 Å². The number of carbonyl (C=O) groups excluding carboxylic acids is 1. The van der Waals surface area contributed by atoms with E-state index in [1.54, 1.807) is 12.1 Å². The minimum absolute atomic E-state index is 0.0919. The lowest BCUT2D eigenvalue weighted by atomic mass is 10.2. The third-order valence-corrected chi connectivity index (χ3v) is 5.10. The predicted octanol–water partition coefficient (Wildman–Crippen LogP) is 3.51. The normalized spacial score (nSPS) is 12.9. The minimum atomic E-state index is -4.56. The molecular formula is C18H19F3N2O4S. The molecule has 2 aromatic rings. The molecule has 1 N–H and O–H groups in total. The van der Waals surface area contributed by atoms with Gasteiger partial charge >= 0.3 is 6.18 Å². The van der Waals surface area contributed by atoms with E-state index in [-0.39, 0.29) is 11.4 Å². The van der Waals surface area contributed by atoms with E-state index in [0.29, 0.717) is 5.75 Å². The smallest absolute Gasteiger partial charge is 0.416 e. The Hall–Kier alpha value is -2.75. The van der Waals surface area contributed by atoms with Crippen LogP contribution in [0.1, 0.15) is 12.5 Å². The minimum Gasteiger partial charge on any atom is -0.497 e. The van der Waals surface area contributed by atoms with Gasteiger partial charge in [0.25, 0.3) is 0 Å². The van der Waals surface area contributed by atoms with Crippen LogP contribution in [0.4, 0.5) is 24.5 Å². The van der Waals surface area contributed by atoms with E-state index in [1.165, 1.54) is 32.2 Å². The van der Waals surface area contributed by atoms with Gasteiger partial charge in [0.05, 0.1) is 24.6 Å². The molecule has 152 valence electrons. The van der Waals surface area contributed by atoms with Crippen LogP contribution in [-0.2, 0) is 21.0 Å². The quantitative estimate of drug-likeness (QED) is 0.782. The number of benzene rings is 2. The molecule has 0 aliphatic carbocycles. The van der Waals surface area contributed by atoms with E-state index < -0.39 is 33.7 Å². The van der Waals surface area contributed by atoms with Gasteiger partial charge in [-0.15, -0.1) is 0 Å². The number of hydrogen-bond donors (Lipinski definition) is 1. The molecule has 2 rings (SSSR count). The molecule has 0 aliphatic heterocycles. The molecule has 0 radical (unpaired) electrons. The predicted molar refractivity (Wildman–Crippen MR) is 99.9 cm³/mol. The zero-order valence-electron chi connectivity index (χ0n) is 15.3. The number of anilines is 2. The van der Waals surface area contributed by atoms with Crippen LogP contribution in [-0.4, -0.2) is 33.7 Å². The van der Waals surface area contributed by atoms with Crippen LogP contribution in [0.25, 0.3) is 0 Å². The topological polar surface area (TPSA) is 75.7 Å². The highest BCUT2D eigenvalue weighted by molar-refractivity contribution is 7.92. The van der Waals surface area contributed by atoms with Gasteiger partial charge in [-0.25, -0.2) is 8.42 Å². The molecule has 1 atom stereocenters. The van der Waals surface area contributed by atoms with Gasteiger partial charge < -0.3 is 10.1 Å². The lowest BCUT2D eigenvalue weighted by Gasteiger charge is -2.28. The van der Waals surface area contributed by atoms with Crippen molar-refractivity contribution >= 4 is 27.3 Å². The molecule has 10 heteroatoms. The first kappa shape index (κ1) is 21.5. The number of sulfonamides is 1. The molecule has 0 unspecified atom stereocenters. The Morgan fingerprint density at radius 1 is 1.14 bits per heavy atom. The Kier molecular flexibility index (Phi) is 6.23. The van der Waals surface area contributed by atoms with E-state index in [1.807, 2.05) is 0 Å². The average molecular weight is 416 g/mol. The molecule has 0 saturated carbocycles. The van der Waals surface area contributed by atoms with Gasteiger partial charge in [-0.05, 0) is 37.3 Å². The molecule has 0 spiro atoms. The Labute approximate surface area is 161 Å². The first-order chi connectivity index (χ1) is 12.9. The first-order valence-electron chi connectivity index (χ1n) is 8.05. The third-order valence-electron chi connectivity index (χ3n) is 3.85. The standard InChI is InChI=1S/C18H19F3N2O4S/c1-12(17(24)22-14-7-4-6-13(10-14)18(19,20)21)23(28(3,25)26)15-8-5-9-16(11-15)27-2/h4-12H,1-3H3,(H,22,24)/t12-/m1/s1. The van der Waals surface area contributed by atoms with Crippen molar-refractivity contribution in [2.75, 3.05) is 23.0 Å². The average Bonchev–Trinajstić information content (AvgIpc) is 2.60. The van der Waals surface area contributed by atoms with Crippen molar-refractivity contribution < 1.29 is 31.1 Å². The maximum absolute atomic E-state index is 12.8. The second kappa shape index (κ2) is 8.09. The third kappa shape index (κ3) is 5.16. The summed E-state index contributed by atoms with van der Waals surface area (Å²) in [6, 6.07) is 8.96. The summed E-state index contributed by atoms with van der Waals surface area (Å²) in [6.45, 7) is 1.34. The molecule has 6 nitrogen and oxygen atoms in total. The van der Waals surface area contributed by atoms with E-state index in [2.05, 4.69) is 5.32 Å². The Morgan fingerprint density at radius 2 is 1.79 bits per heavy atom. The molecule has 0 saturated heterocycles. The van der Waals surface area contributed by atoms with Crippen molar-refractivity contribution in [1.29, 1.82) is 0 Å². The van der Waals surface area contributed by atoms with Crippen molar-refractivity contribution in [2.45, 2.75) is 19.1 Å². The largest absolute Gasteiger partial charge is 0.497 e. The summed E-state index contributed by atoms with van der Waals surface area (Å²) < 4.78 is 69.0. The van der Waals surface area contributed by atoms with E-state index in [9.17, 15) is 26.4 Å². The van der Waals surface area contributed by atoms with Crippen molar-refractivity contribution in [3.63, 3.8) is 0 Å². The molecule has 0 aromatic heterocycles. The SMILES string of the molecule is COc1cccc(N([C@H](C)C(=O)Nc2cccc(C(F)(F)F)c2)S(C)(=O)=O)c1. The monoisotopic (exact) mass is 416 g/mol. The molecule has 0 bridgehead atoms. The number of hydrogen-bond acceptors (Lipinski definition) is 4. The van der Waals surface area contributed by atoms with Crippen LogP contribution in [0.3, 0.4) is 0 Å². The molecule has 1 amide bonds. The van der Waals surface area contributed by atoms with Crippen LogP contribution in [0.5, 0.6) is 5.75 Å². The van der Waals surface area contributed by atoms with Gasteiger partial charge in [-0.2, -0.15) is 13.2 Å². The van der Waals surface area contributed by atoms with Crippen LogP contribution >= 0.6 is 0 Å². The Balaban J connectivity index is 2.32. The summed E-state index contributed by atoms with van der Waals surface area (Å²) in [4.78, 5) is 12.6. The number of carbonyl (C=O) groups is 1. The number of amides is 1. The first-order valence-corrected chi connectivity index (χ1v) is 9.90. The number of nitrogens with one attached hydrogen (secondary N) is 1. The highest BCUT2D eigenvalue weighted by Crippen LogP contribution is 2.31. The van der Waals surface area contributed by atoms with Gasteiger partial charge in [0.15, 0.2) is 0 Å². The lowest BCUT2D eigenvalue weighted by Crippen LogP contribution is -2.45. The Morgan fingerprint density at radius 3 is 2.36 bits per heavy atom. The van der Waals surface area contributed by atoms with Crippen molar-refractivity contribution in [3.05, 3.63) is 54.1 Å². The van der Waals surface area contributed by atoms with E-state index in [0.717, 1.165) is 28.8 Å². The Bertz CT molecular complexity index is 961. The second-order valence-corrected chi connectivity index (χ2v) is 7.86. The highest BCUT2D eigenvalue weighted by Gasteiger charge is 2.32. The van der Waals surface area contributed by atoms with Crippen LogP contribution in [0, 0.1) is 0 Å². The summed E-state index contributed by atoms with van der Waals surface area (Å²) in [6.07, 6.45) is -3.63. The van der Waals surface area contributed by atoms with Crippen molar-refractivity contribution in [3.8, 4) is 5.75 Å². The zero-order valence-corrected chi connectivity index (χ0v) is 16.1. The molecule has 28 heavy (non-hydrogen) atoms. The van der Waals surface area contributed by atoms with Gasteiger partial charge in [0.1, 0.15) is 11.8 Å². The molecule has 0 fully saturated rings. The maximum atomic E-state index is 12.8. The summed E-state index contributed by atoms with van der Waals surface area (Å²) in [5.74, 6) is -0.399. The number of rotatable bonds is 6. The summed E-state index contributed by atoms with van der Waals surface area (Å²) in [5, 5.41) is 2.33. The van der Waals surface area contributed by atoms with Crippen molar-refractivity contribution in [1.82, 2.24) is 0 Å². The van der Waals surface area contributed by atoms with Gasteiger partial charge in [0, 0.05) is 11.8 Å². The summed E-state index contributed by atoms with van der Waals surface area (Å²) in [5.41, 5.74) is -0.829. The molecule has 0 heterocycles. The van der Waals surface area contributed by atoms with Crippen LogP contribution < -0.4 is 14.4 Å². The van der Waals surface area contributed by atoms with E-state index in [4.69, 9.17) is 4.74 Å². The zero-order chi connectivity index (χ0) is 21.1. The van der Waals surface area contributed by atoms with Gasteiger partial charge in [-0.1, -0.05) is 12.1 Å². The molecule has 2 aromatic carbocycles. The summed E-state index contributed by atoms with van der Waals surface area (Å²) >= 11 is 0. The summed E-state index contributed by atoms with van der Waals surface area (Å²) in [7, 11) is -2.46. The number of halogens is 3. The number of alkyl halides is 3. The number of methoxy groups -OCH3 is 1. The molecule has 0 aliphatic rings. The number of ether oxygens (including phenoxy) is 1. The van der Waals surface area contributed by atoms with Crippen LogP contribution in [0.15, 0.2) is 48.5 Å². The lowest BCUT2D eigenvalue weighted by molar-refractivity contribution is -0.137.